The fourth-order valence-corrected chi connectivity index (χ4v) is 3.05. The van der Waals surface area contributed by atoms with Gasteiger partial charge in [0.1, 0.15) is 0 Å². The van der Waals surface area contributed by atoms with Crippen LogP contribution in [0.4, 0.5) is 5.69 Å². The maximum atomic E-state index is 12.4. The molecular weight excluding hydrogens is 422 g/mol. The summed E-state index contributed by atoms with van der Waals surface area (Å²) in [5.41, 5.74) is 1.93. The highest BCUT2D eigenvalue weighted by Crippen LogP contribution is 2.39. The van der Waals surface area contributed by atoms with Gasteiger partial charge >= 0.3 is 0 Å². The molecule has 0 aliphatic heterocycles. The van der Waals surface area contributed by atoms with E-state index in [2.05, 4.69) is 15.3 Å². The van der Waals surface area contributed by atoms with Crippen LogP contribution in [0.2, 0.25) is 5.02 Å². The molecule has 0 atom stereocenters. The molecule has 0 aliphatic carbocycles. The minimum Gasteiger partial charge on any atom is -0.493 e. The Morgan fingerprint density at radius 1 is 1.00 bits per heavy atom. The van der Waals surface area contributed by atoms with Crippen LogP contribution in [0, 0.1) is 6.92 Å². The third kappa shape index (κ3) is 5.55. The van der Waals surface area contributed by atoms with Gasteiger partial charge in [0.05, 0.1) is 21.3 Å². The number of methoxy groups -OCH3 is 3. The molecule has 0 fully saturated rings. The second-order valence-electron chi connectivity index (χ2n) is 6.43. The van der Waals surface area contributed by atoms with E-state index < -0.39 is 0 Å². The van der Waals surface area contributed by atoms with Crippen LogP contribution in [0.15, 0.2) is 42.5 Å². The second-order valence-corrected chi connectivity index (χ2v) is 6.87. The van der Waals surface area contributed by atoms with Crippen LogP contribution in [0.1, 0.15) is 5.69 Å². The summed E-state index contributed by atoms with van der Waals surface area (Å²) in [6.07, 6.45) is 0. The van der Waals surface area contributed by atoms with Crippen molar-refractivity contribution in [1.29, 1.82) is 0 Å². The Balaban J connectivity index is 1.71. The molecule has 0 unspecified atom stereocenters. The second kappa shape index (κ2) is 9.99. The average Bonchev–Trinajstić information content (AvgIpc) is 2.76. The number of rotatable bonds is 8. The number of halogens is 1. The Bertz CT molecular complexity index is 1070. The lowest BCUT2D eigenvalue weighted by molar-refractivity contribution is -0.118. The van der Waals surface area contributed by atoms with Gasteiger partial charge in [-0.05, 0) is 19.1 Å². The lowest BCUT2D eigenvalue weighted by atomic mass is 10.2. The topological polar surface area (TPSA) is 91.8 Å². The van der Waals surface area contributed by atoms with Gasteiger partial charge in [0, 0.05) is 40.2 Å². The van der Waals surface area contributed by atoms with Crippen molar-refractivity contribution in [3.63, 3.8) is 0 Å². The summed E-state index contributed by atoms with van der Waals surface area (Å²) in [5, 5.41) is 3.32. The number of benzene rings is 2. The Kier molecular flexibility index (Phi) is 7.15. The molecule has 162 valence electrons. The summed E-state index contributed by atoms with van der Waals surface area (Å²) in [4.78, 5) is 21.2. The zero-order valence-electron chi connectivity index (χ0n) is 17.6. The molecule has 8 nitrogen and oxygen atoms in total. The molecule has 0 radical (unpaired) electrons. The molecule has 3 rings (SSSR count). The highest BCUT2D eigenvalue weighted by atomic mass is 35.5. The summed E-state index contributed by atoms with van der Waals surface area (Å²) >= 11 is 6.05. The fraction of sp³-hybridized carbons (Fsp3) is 0.227. The van der Waals surface area contributed by atoms with Crippen molar-refractivity contribution >= 4 is 23.2 Å². The van der Waals surface area contributed by atoms with Gasteiger partial charge < -0.3 is 24.3 Å². The first kappa shape index (κ1) is 22.2. The number of nitrogens with one attached hydrogen (secondary N) is 1. The van der Waals surface area contributed by atoms with Crippen LogP contribution >= 0.6 is 11.6 Å². The van der Waals surface area contributed by atoms with Gasteiger partial charge in [-0.3, -0.25) is 4.79 Å². The third-order valence-electron chi connectivity index (χ3n) is 4.21. The van der Waals surface area contributed by atoms with E-state index in [0.29, 0.717) is 39.5 Å². The number of nitrogens with zero attached hydrogens (tertiary/aromatic N) is 2. The molecule has 31 heavy (non-hydrogen) atoms. The van der Waals surface area contributed by atoms with Crippen LogP contribution in [-0.4, -0.2) is 43.8 Å². The van der Waals surface area contributed by atoms with E-state index in [1.165, 1.54) is 21.3 Å². The summed E-state index contributed by atoms with van der Waals surface area (Å²) in [7, 11) is 4.51. The first-order chi connectivity index (χ1) is 14.9. The average molecular weight is 444 g/mol. The lowest BCUT2D eigenvalue weighted by Crippen LogP contribution is -2.20. The van der Waals surface area contributed by atoms with Crippen LogP contribution in [0.25, 0.3) is 11.4 Å². The van der Waals surface area contributed by atoms with Crippen molar-refractivity contribution in [3.8, 4) is 34.5 Å². The number of carbonyl (C=O) groups is 1. The van der Waals surface area contributed by atoms with Gasteiger partial charge in [-0.15, -0.1) is 0 Å². The zero-order valence-corrected chi connectivity index (χ0v) is 18.3. The molecule has 0 bridgehead atoms. The van der Waals surface area contributed by atoms with Gasteiger partial charge in [-0.25, -0.2) is 4.98 Å². The number of aryl methyl sites for hydroxylation is 1. The maximum absolute atomic E-state index is 12.4. The Morgan fingerprint density at radius 2 is 1.71 bits per heavy atom. The van der Waals surface area contributed by atoms with Crippen molar-refractivity contribution in [3.05, 3.63) is 53.2 Å². The Morgan fingerprint density at radius 3 is 2.32 bits per heavy atom. The van der Waals surface area contributed by atoms with E-state index in [9.17, 15) is 4.79 Å². The minimum atomic E-state index is -0.380. The molecule has 0 saturated carbocycles. The third-order valence-corrected chi connectivity index (χ3v) is 4.45. The van der Waals surface area contributed by atoms with Gasteiger partial charge in [0.25, 0.3) is 5.91 Å². The summed E-state index contributed by atoms with van der Waals surface area (Å²) in [6, 6.07) is 12.1. The first-order valence-corrected chi connectivity index (χ1v) is 9.65. The zero-order chi connectivity index (χ0) is 22.4. The van der Waals surface area contributed by atoms with Gasteiger partial charge in [-0.2, -0.15) is 4.98 Å². The molecule has 3 aromatic rings. The standard InChI is InChI=1S/C22H22ClN3O5/c1-13-8-20(26-22(24-13)14-6-5-7-15(23)9-14)31-12-19(27)25-16-10-17(28-2)21(30-4)18(11-16)29-3/h5-11H,12H2,1-4H3,(H,25,27). The van der Waals surface area contributed by atoms with E-state index in [4.69, 9.17) is 30.5 Å². The van der Waals surface area contributed by atoms with Gasteiger partial charge in [-0.1, -0.05) is 23.7 Å². The van der Waals surface area contributed by atoms with E-state index in [1.54, 1.807) is 30.3 Å². The van der Waals surface area contributed by atoms with E-state index >= 15 is 0 Å². The predicted molar refractivity (Wildman–Crippen MR) is 117 cm³/mol. The normalized spacial score (nSPS) is 10.4. The fourth-order valence-electron chi connectivity index (χ4n) is 2.86. The monoisotopic (exact) mass is 443 g/mol. The summed E-state index contributed by atoms with van der Waals surface area (Å²) < 4.78 is 21.5. The van der Waals surface area contributed by atoms with Crippen molar-refractivity contribution < 1.29 is 23.7 Å². The number of anilines is 1. The number of carbonyl (C=O) groups excluding carboxylic acids is 1. The Hall–Kier alpha value is -3.52. The maximum Gasteiger partial charge on any atom is 0.262 e. The molecule has 1 aromatic heterocycles. The predicted octanol–water partition coefficient (Wildman–Crippen LogP) is 4.15. The Labute approximate surface area is 185 Å². The molecule has 1 heterocycles. The number of hydrogen-bond donors (Lipinski definition) is 1. The molecule has 1 N–H and O–H groups in total. The molecule has 1 amide bonds. The quantitative estimate of drug-likeness (QED) is 0.559. The highest BCUT2D eigenvalue weighted by Gasteiger charge is 2.15. The molecular formula is C22H22ClN3O5. The van der Waals surface area contributed by atoms with Crippen molar-refractivity contribution in [1.82, 2.24) is 9.97 Å². The lowest BCUT2D eigenvalue weighted by Gasteiger charge is -2.14. The van der Waals surface area contributed by atoms with Gasteiger partial charge in [0.2, 0.25) is 11.6 Å². The highest BCUT2D eigenvalue weighted by molar-refractivity contribution is 6.30. The smallest absolute Gasteiger partial charge is 0.262 e. The van der Waals surface area contributed by atoms with Crippen molar-refractivity contribution in [2.45, 2.75) is 6.92 Å². The number of hydrogen-bond acceptors (Lipinski definition) is 7. The molecule has 2 aromatic carbocycles. The number of ether oxygens (including phenoxy) is 4. The largest absolute Gasteiger partial charge is 0.493 e. The van der Waals surface area contributed by atoms with Crippen LogP contribution in [-0.2, 0) is 4.79 Å². The first-order valence-electron chi connectivity index (χ1n) is 9.27. The van der Waals surface area contributed by atoms with Crippen molar-refractivity contribution in [2.24, 2.45) is 0 Å². The number of aromatic nitrogens is 2. The van der Waals surface area contributed by atoms with Crippen LogP contribution < -0.4 is 24.3 Å². The van der Waals surface area contributed by atoms with Crippen LogP contribution in [0.3, 0.4) is 0 Å². The summed E-state index contributed by atoms with van der Waals surface area (Å²) in [6.45, 7) is 1.57. The number of amides is 1. The van der Waals surface area contributed by atoms with E-state index in [-0.39, 0.29) is 18.4 Å². The summed E-state index contributed by atoms with van der Waals surface area (Å²) in [5.74, 6) is 1.65. The SMILES string of the molecule is COc1cc(NC(=O)COc2cc(C)nc(-c3cccc(Cl)c3)n2)cc(OC)c1OC. The van der Waals surface area contributed by atoms with Crippen LogP contribution in [0.5, 0.6) is 23.1 Å². The van der Waals surface area contributed by atoms with E-state index in [1.807, 2.05) is 19.1 Å². The van der Waals surface area contributed by atoms with Gasteiger partial charge in [0.15, 0.2) is 23.9 Å². The molecule has 9 heteroatoms. The van der Waals surface area contributed by atoms with Crippen molar-refractivity contribution in [2.75, 3.05) is 33.3 Å². The van der Waals surface area contributed by atoms with E-state index in [0.717, 1.165) is 5.56 Å². The molecule has 0 aliphatic rings. The molecule has 0 spiro atoms. The molecule has 0 saturated heterocycles. The minimum absolute atomic E-state index is 0.248.